The molecule has 252 valence electrons. The Morgan fingerprint density at radius 3 is 1.41 bits per heavy atom. The molecule has 1 N–H and O–H groups in total. The third-order valence-corrected chi connectivity index (χ3v) is 10.1. The van der Waals surface area contributed by atoms with Gasteiger partial charge in [0.2, 0.25) is 0 Å². The van der Waals surface area contributed by atoms with Crippen LogP contribution < -0.4 is 0 Å². The summed E-state index contributed by atoms with van der Waals surface area (Å²) < 4.78 is 60.6. The summed E-state index contributed by atoms with van der Waals surface area (Å²) in [6.45, 7) is 4.76. The maximum absolute atomic E-state index is 11.9. The van der Waals surface area contributed by atoms with Crippen molar-refractivity contribution in [3.8, 4) is 0 Å². The molecule has 0 heterocycles. The quantitative estimate of drug-likeness (QED) is 0.0651. The highest BCUT2D eigenvalue weighted by Crippen LogP contribution is 2.19. The van der Waals surface area contributed by atoms with Crippen molar-refractivity contribution in [3.63, 3.8) is 0 Å². The van der Waals surface area contributed by atoms with Crippen LogP contribution in [0.1, 0.15) is 148 Å². The molecule has 0 saturated heterocycles. The second kappa shape index (κ2) is 25.5. The zero-order chi connectivity index (χ0) is 32.4. The molecule has 0 spiro atoms. The van der Waals surface area contributed by atoms with E-state index in [-0.39, 0.29) is 16.4 Å². The van der Waals surface area contributed by atoms with E-state index in [0.29, 0.717) is 6.42 Å². The molecule has 0 aliphatic carbocycles. The molecule has 2 aromatic rings. The van der Waals surface area contributed by atoms with E-state index in [0.717, 1.165) is 31.2 Å². The Hall–Kier alpha value is -1.74. The Balaban J connectivity index is 0.000000440. The summed E-state index contributed by atoms with van der Waals surface area (Å²) in [4.78, 5) is 0.299. The van der Waals surface area contributed by atoms with Crippen LogP contribution in [0.4, 0.5) is 0 Å². The summed E-state index contributed by atoms with van der Waals surface area (Å²) >= 11 is 0. The highest BCUT2D eigenvalue weighted by atomic mass is 32.2. The second-order valence-electron chi connectivity index (χ2n) is 11.8. The fraction of sp³-hybridized carbons (Fsp3) is 0.667. The summed E-state index contributed by atoms with van der Waals surface area (Å²) in [5.41, 5.74) is 0.726. The molecule has 0 aliphatic heterocycles. The maximum Gasteiger partial charge on any atom is 0.296 e. The van der Waals surface area contributed by atoms with E-state index in [9.17, 15) is 21.4 Å². The van der Waals surface area contributed by atoms with Gasteiger partial charge in [-0.3, -0.25) is 8.74 Å². The molecule has 0 saturated carbocycles. The zero-order valence-corrected chi connectivity index (χ0v) is 29.2. The normalized spacial score (nSPS) is 11.7. The summed E-state index contributed by atoms with van der Waals surface area (Å²) in [5, 5.41) is 0. The lowest BCUT2D eigenvalue weighted by Gasteiger charge is -2.07. The van der Waals surface area contributed by atoms with Gasteiger partial charge in [0.15, 0.2) is 0 Å². The highest BCUT2D eigenvalue weighted by Gasteiger charge is 2.14. The van der Waals surface area contributed by atoms with Gasteiger partial charge in [0.25, 0.3) is 20.2 Å². The van der Waals surface area contributed by atoms with Crippen LogP contribution in [0.3, 0.4) is 0 Å². The van der Waals surface area contributed by atoms with Gasteiger partial charge in [-0.2, -0.15) is 16.8 Å². The number of hydrogen-bond acceptors (Lipinski definition) is 5. The number of unbranched alkanes of at least 4 members (excludes halogenated alkanes) is 18. The largest absolute Gasteiger partial charge is 0.296 e. The molecule has 8 heteroatoms. The average Bonchev–Trinajstić information content (AvgIpc) is 3.01. The molecular formula is C36H60O6S2. The fourth-order valence-corrected chi connectivity index (χ4v) is 6.89. The van der Waals surface area contributed by atoms with Gasteiger partial charge < -0.3 is 0 Å². The molecule has 0 radical (unpaired) electrons. The van der Waals surface area contributed by atoms with Crippen LogP contribution >= 0.6 is 0 Å². The summed E-state index contributed by atoms with van der Waals surface area (Å²) in [6, 6.07) is 15.1. The van der Waals surface area contributed by atoms with E-state index in [1.54, 1.807) is 42.5 Å². The van der Waals surface area contributed by atoms with Gasteiger partial charge in [0.1, 0.15) is 0 Å². The lowest BCUT2D eigenvalue weighted by Crippen LogP contribution is -2.07. The van der Waals surface area contributed by atoms with Crippen LogP contribution in [-0.2, 0) is 30.8 Å². The third-order valence-electron chi connectivity index (χ3n) is 7.82. The predicted octanol–water partition coefficient (Wildman–Crippen LogP) is 10.7. The van der Waals surface area contributed by atoms with Gasteiger partial charge in [0, 0.05) is 0 Å². The Morgan fingerprint density at radius 2 is 0.932 bits per heavy atom. The first-order chi connectivity index (χ1) is 21.2. The first-order valence-electron chi connectivity index (χ1n) is 17.2. The van der Waals surface area contributed by atoms with Crippen LogP contribution in [0.5, 0.6) is 0 Å². The van der Waals surface area contributed by atoms with Crippen LogP contribution in [0.15, 0.2) is 64.4 Å². The molecule has 6 nitrogen and oxygen atoms in total. The predicted molar refractivity (Wildman–Crippen MR) is 183 cm³/mol. The minimum atomic E-state index is -4.10. The number of aryl methyl sites for hydroxylation is 1. The standard InChI is InChI=1S/2C18H30O3S/c1-2-3-4-5-6-7-8-9-10-14-17-21-22(19,20)18-15-12-11-13-16-18;1-2-3-4-5-6-7-8-9-10-11-14-17-15-12-13-16-18(17)22(19,20)21/h11-13,15-16H,2-10,14,17H2,1H3;12-13,15-16H,2-11,14H2,1H3,(H,19,20,21). The topological polar surface area (TPSA) is 97.7 Å². The van der Waals surface area contributed by atoms with Crippen LogP contribution in [0.25, 0.3) is 0 Å². The van der Waals surface area contributed by atoms with E-state index in [1.165, 1.54) is 109 Å². The Labute approximate surface area is 270 Å². The molecule has 0 bridgehead atoms. The Bertz CT molecular complexity index is 1160. The van der Waals surface area contributed by atoms with Gasteiger partial charge in [-0.1, -0.05) is 166 Å². The van der Waals surface area contributed by atoms with E-state index >= 15 is 0 Å². The van der Waals surface area contributed by atoms with Crippen LogP contribution in [0.2, 0.25) is 0 Å². The zero-order valence-electron chi connectivity index (χ0n) is 27.6. The fourth-order valence-electron chi connectivity index (χ4n) is 5.18. The first kappa shape index (κ1) is 40.3. The molecule has 0 aromatic heterocycles. The Morgan fingerprint density at radius 1 is 0.523 bits per heavy atom. The second-order valence-corrected chi connectivity index (χ2v) is 14.8. The molecule has 0 atom stereocenters. The van der Waals surface area contributed by atoms with Crippen molar-refractivity contribution in [2.45, 2.75) is 158 Å². The van der Waals surface area contributed by atoms with Crippen molar-refractivity contribution in [3.05, 3.63) is 60.2 Å². The molecule has 0 aliphatic rings. The van der Waals surface area contributed by atoms with Crippen molar-refractivity contribution >= 4 is 20.2 Å². The van der Waals surface area contributed by atoms with Gasteiger partial charge in [-0.15, -0.1) is 0 Å². The maximum atomic E-state index is 11.9. The molecular weight excluding hydrogens is 593 g/mol. The lowest BCUT2D eigenvalue weighted by molar-refractivity contribution is 0.306. The molecule has 2 aromatic carbocycles. The first-order valence-corrected chi connectivity index (χ1v) is 20.1. The van der Waals surface area contributed by atoms with Gasteiger partial charge in [-0.05, 0) is 43.0 Å². The van der Waals surface area contributed by atoms with E-state index in [4.69, 9.17) is 4.18 Å². The van der Waals surface area contributed by atoms with Gasteiger partial charge in [-0.25, -0.2) is 0 Å². The minimum absolute atomic E-state index is 0.0610. The summed E-state index contributed by atoms with van der Waals surface area (Å²) in [7, 11) is -7.67. The van der Waals surface area contributed by atoms with E-state index in [1.807, 2.05) is 6.07 Å². The van der Waals surface area contributed by atoms with Gasteiger partial charge >= 0.3 is 0 Å². The molecule has 0 fully saturated rings. The number of hydrogen-bond donors (Lipinski definition) is 1. The number of benzene rings is 2. The van der Waals surface area contributed by atoms with Crippen molar-refractivity contribution < 1.29 is 25.6 Å². The summed E-state index contributed by atoms with van der Waals surface area (Å²) in [6.07, 6.45) is 25.6. The average molecular weight is 653 g/mol. The molecule has 0 unspecified atom stereocenters. The minimum Gasteiger partial charge on any atom is -0.282 e. The van der Waals surface area contributed by atoms with Crippen molar-refractivity contribution in [1.82, 2.24) is 0 Å². The molecule has 2 rings (SSSR count). The lowest BCUT2D eigenvalue weighted by atomic mass is 10.0. The monoisotopic (exact) mass is 652 g/mol. The molecule has 44 heavy (non-hydrogen) atoms. The van der Waals surface area contributed by atoms with Crippen molar-refractivity contribution in [2.75, 3.05) is 6.61 Å². The van der Waals surface area contributed by atoms with Crippen molar-refractivity contribution in [2.24, 2.45) is 0 Å². The third kappa shape index (κ3) is 20.3. The number of rotatable bonds is 25. The van der Waals surface area contributed by atoms with Gasteiger partial charge in [0.05, 0.1) is 16.4 Å². The van der Waals surface area contributed by atoms with E-state index in [2.05, 4.69) is 13.8 Å². The van der Waals surface area contributed by atoms with Crippen molar-refractivity contribution in [1.29, 1.82) is 0 Å². The molecule has 0 amide bonds. The Kier molecular flexibility index (Phi) is 23.3. The summed E-state index contributed by atoms with van der Waals surface area (Å²) in [5.74, 6) is 0. The van der Waals surface area contributed by atoms with E-state index < -0.39 is 20.2 Å². The smallest absolute Gasteiger partial charge is 0.282 e. The van der Waals surface area contributed by atoms with Crippen LogP contribution in [-0.4, -0.2) is 28.0 Å². The highest BCUT2D eigenvalue weighted by molar-refractivity contribution is 7.86. The SMILES string of the molecule is CCCCCCCCCCCCOS(=O)(=O)c1ccccc1.CCCCCCCCCCCCc1ccccc1S(=O)(=O)O. The van der Waals surface area contributed by atoms with Crippen LogP contribution in [0, 0.1) is 0 Å².